The number of hydrogen-bond donors (Lipinski definition) is 2. The van der Waals surface area contributed by atoms with Crippen molar-refractivity contribution >= 4 is 11.9 Å². The quantitative estimate of drug-likeness (QED) is 0.471. The van der Waals surface area contributed by atoms with Crippen molar-refractivity contribution in [3.63, 3.8) is 0 Å². The SMILES string of the molecule is O=C(NCC1OCCc2cn(Cc3ccccc3)nc21)c1cccc(C(F)(F)F)c1.O=C(O)C(F)(F)F. The van der Waals surface area contributed by atoms with Crippen LogP contribution in [0.5, 0.6) is 0 Å². The molecule has 0 aliphatic carbocycles. The summed E-state index contributed by atoms with van der Waals surface area (Å²) in [7, 11) is 0. The van der Waals surface area contributed by atoms with Gasteiger partial charge in [-0.1, -0.05) is 36.4 Å². The molecule has 7 nitrogen and oxygen atoms in total. The van der Waals surface area contributed by atoms with Crippen molar-refractivity contribution in [2.45, 2.75) is 31.4 Å². The van der Waals surface area contributed by atoms with Crippen molar-refractivity contribution in [3.8, 4) is 0 Å². The minimum atomic E-state index is -5.08. The fourth-order valence-electron chi connectivity index (χ4n) is 3.46. The second-order valence-corrected chi connectivity index (χ2v) is 7.92. The summed E-state index contributed by atoms with van der Waals surface area (Å²) < 4.78 is 78.0. The highest BCUT2D eigenvalue weighted by atomic mass is 19.4. The van der Waals surface area contributed by atoms with Gasteiger partial charge in [-0.3, -0.25) is 9.48 Å². The van der Waals surface area contributed by atoms with Gasteiger partial charge in [-0.15, -0.1) is 0 Å². The van der Waals surface area contributed by atoms with E-state index >= 15 is 0 Å². The Morgan fingerprint density at radius 1 is 1.05 bits per heavy atom. The highest BCUT2D eigenvalue weighted by molar-refractivity contribution is 5.94. The first kappa shape index (κ1) is 27.7. The molecule has 0 saturated carbocycles. The van der Waals surface area contributed by atoms with Gasteiger partial charge in [0.05, 0.1) is 24.4 Å². The maximum Gasteiger partial charge on any atom is 0.490 e. The van der Waals surface area contributed by atoms with Crippen molar-refractivity contribution in [2.75, 3.05) is 13.2 Å². The first-order chi connectivity index (χ1) is 17.3. The predicted molar refractivity (Wildman–Crippen MR) is 118 cm³/mol. The molecule has 0 fully saturated rings. The second-order valence-electron chi connectivity index (χ2n) is 7.92. The molecule has 2 heterocycles. The van der Waals surface area contributed by atoms with E-state index in [9.17, 15) is 31.1 Å². The highest BCUT2D eigenvalue weighted by Crippen LogP contribution is 2.30. The van der Waals surface area contributed by atoms with Crippen LogP contribution in [0.4, 0.5) is 26.3 Å². The van der Waals surface area contributed by atoms with Crippen molar-refractivity contribution in [1.82, 2.24) is 15.1 Å². The average molecular weight is 529 g/mol. The number of alkyl halides is 6. The van der Waals surface area contributed by atoms with E-state index in [0.29, 0.717) is 13.2 Å². The van der Waals surface area contributed by atoms with Crippen molar-refractivity contribution in [3.05, 3.63) is 88.7 Å². The Bertz CT molecular complexity index is 1230. The number of nitrogens with zero attached hydrogens (tertiary/aromatic N) is 2. The van der Waals surface area contributed by atoms with Crippen LogP contribution in [-0.2, 0) is 28.7 Å². The first-order valence-electron chi connectivity index (χ1n) is 10.8. The van der Waals surface area contributed by atoms with E-state index in [4.69, 9.17) is 14.6 Å². The Hall–Kier alpha value is -3.87. The van der Waals surface area contributed by atoms with Gasteiger partial charge in [-0.05, 0) is 35.7 Å². The van der Waals surface area contributed by atoms with E-state index in [1.54, 1.807) is 0 Å². The third-order valence-corrected chi connectivity index (χ3v) is 5.20. The normalized spacial score (nSPS) is 15.2. The molecule has 0 spiro atoms. The van der Waals surface area contributed by atoms with E-state index in [2.05, 4.69) is 10.4 Å². The van der Waals surface area contributed by atoms with E-state index in [-0.39, 0.29) is 12.1 Å². The summed E-state index contributed by atoms with van der Waals surface area (Å²) in [5, 5.41) is 14.4. The number of fused-ring (bicyclic) bond motifs is 1. The Morgan fingerprint density at radius 2 is 1.73 bits per heavy atom. The van der Waals surface area contributed by atoms with Gasteiger partial charge in [0.1, 0.15) is 6.10 Å². The number of carbonyl (C=O) groups excluding carboxylic acids is 1. The zero-order valence-electron chi connectivity index (χ0n) is 19.0. The molecule has 0 saturated heterocycles. The molecule has 1 aromatic heterocycles. The third-order valence-electron chi connectivity index (χ3n) is 5.20. The number of carbonyl (C=O) groups is 2. The lowest BCUT2D eigenvalue weighted by Crippen LogP contribution is -2.32. The molecule has 2 aromatic carbocycles. The number of rotatable bonds is 5. The van der Waals surface area contributed by atoms with E-state index < -0.39 is 35.9 Å². The summed E-state index contributed by atoms with van der Waals surface area (Å²) in [6.07, 6.45) is -7.32. The molecule has 198 valence electrons. The third kappa shape index (κ3) is 7.81. The molecular weight excluding hydrogens is 508 g/mol. The lowest BCUT2D eigenvalue weighted by Gasteiger charge is -2.22. The Morgan fingerprint density at radius 3 is 2.35 bits per heavy atom. The molecule has 1 unspecified atom stereocenters. The number of ether oxygens (including phenoxy) is 1. The summed E-state index contributed by atoms with van der Waals surface area (Å²) in [6.45, 7) is 1.25. The lowest BCUT2D eigenvalue weighted by atomic mass is 10.1. The zero-order valence-corrected chi connectivity index (χ0v) is 19.0. The van der Waals surface area contributed by atoms with Crippen LogP contribution >= 0.6 is 0 Å². The number of aliphatic carboxylic acids is 1. The Labute approximate surface area is 206 Å². The van der Waals surface area contributed by atoms with Gasteiger partial charge in [0.2, 0.25) is 0 Å². The molecule has 4 rings (SSSR count). The predicted octanol–water partition coefficient (Wildman–Crippen LogP) is 4.63. The largest absolute Gasteiger partial charge is 0.490 e. The van der Waals surface area contributed by atoms with Gasteiger partial charge >= 0.3 is 18.3 Å². The average Bonchev–Trinajstić information content (AvgIpc) is 3.25. The lowest BCUT2D eigenvalue weighted by molar-refractivity contribution is -0.192. The number of carboxylic acids is 1. The van der Waals surface area contributed by atoms with Crippen molar-refractivity contribution < 1.29 is 45.8 Å². The number of hydrogen-bond acceptors (Lipinski definition) is 4. The minimum Gasteiger partial charge on any atom is -0.475 e. The zero-order chi connectivity index (χ0) is 27.2. The summed E-state index contributed by atoms with van der Waals surface area (Å²) in [5.74, 6) is -3.34. The number of amides is 1. The Kier molecular flexibility index (Phi) is 8.58. The number of benzene rings is 2. The minimum absolute atomic E-state index is 0.0459. The standard InChI is InChI=1S/C22H20F3N3O2.C2HF3O2/c23-22(24,25)18-8-4-7-16(11-18)21(29)26-12-19-20-17(9-10-30-19)14-28(27-20)13-15-5-2-1-3-6-15;3-2(4,5)1(6)7/h1-8,11,14,19H,9-10,12-13H2,(H,26,29);(H,6,7). The topological polar surface area (TPSA) is 93.5 Å². The van der Waals surface area contributed by atoms with E-state index in [1.807, 2.05) is 41.2 Å². The van der Waals surface area contributed by atoms with Crippen LogP contribution in [0.1, 0.15) is 38.8 Å². The van der Waals surface area contributed by atoms with Crippen LogP contribution < -0.4 is 5.32 Å². The molecule has 0 radical (unpaired) electrons. The molecule has 3 aromatic rings. The number of nitrogens with one attached hydrogen (secondary N) is 1. The monoisotopic (exact) mass is 529 g/mol. The molecule has 13 heteroatoms. The number of carboxylic acid groups (broad SMARTS) is 1. The molecule has 1 atom stereocenters. The molecule has 2 N–H and O–H groups in total. The van der Waals surface area contributed by atoms with E-state index in [1.165, 1.54) is 12.1 Å². The molecule has 37 heavy (non-hydrogen) atoms. The van der Waals surface area contributed by atoms with Gasteiger partial charge in [0.25, 0.3) is 5.91 Å². The van der Waals surface area contributed by atoms with E-state index in [0.717, 1.165) is 35.4 Å². The summed E-state index contributed by atoms with van der Waals surface area (Å²) >= 11 is 0. The molecule has 0 bridgehead atoms. The molecule has 1 aliphatic heterocycles. The number of aromatic nitrogens is 2. The fourth-order valence-corrected chi connectivity index (χ4v) is 3.46. The number of halogens is 6. The molecule has 1 amide bonds. The van der Waals surface area contributed by atoms with Crippen LogP contribution in [0.15, 0.2) is 60.8 Å². The molecule has 1 aliphatic rings. The van der Waals surface area contributed by atoms with Crippen LogP contribution in [0.25, 0.3) is 0 Å². The molecular formula is C24H21F6N3O4. The fraction of sp³-hybridized carbons (Fsp3) is 0.292. The Balaban J connectivity index is 0.000000479. The summed E-state index contributed by atoms with van der Waals surface area (Å²) in [6, 6.07) is 14.3. The highest BCUT2D eigenvalue weighted by Gasteiger charge is 2.38. The summed E-state index contributed by atoms with van der Waals surface area (Å²) in [4.78, 5) is 21.3. The van der Waals surface area contributed by atoms with Gasteiger partial charge in [0, 0.05) is 18.3 Å². The van der Waals surface area contributed by atoms with Crippen LogP contribution in [0.3, 0.4) is 0 Å². The second kappa shape index (κ2) is 11.5. The maximum absolute atomic E-state index is 12.9. The van der Waals surface area contributed by atoms with Crippen molar-refractivity contribution in [2.24, 2.45) is 0 Å². The van der Waals surface area contributed by atoms with Crippen LogP contribution in [-0.4, -0.2) is 46.1 Å². The van der Waals surface area contributed by atoms with Crippen LogP contribution in [0, 0.1) is 0 Å². The van der Waals surface area contributed by atoms with Gasteiger partial charge in [0.15, 0.2) is 0 Å². The van der Waals surface area contributed by atoms with Gasteiger partial charge in [-0.25, -0.2) is 4.79 Å². The smallest absolute Gasteiger partial charge is 0.475 e. The maximum atomic E-state index is 12.9. The van der Waals surface area contributed by atoms with Gasteiger partial charge < -0.3 is 15.2 Å². The van der Waals surface area contributed by atoms with Crippen LogP contribution in [0.2, 0.25) is 0 Å². The van der Waals surface area contributed by atoms with Gasteiger partial charge in [-0.2, -0.15) is 31.4 Å². The summed E-state index contributed by atoms with van der Waals surface area (Å²) in [5.41, 5.74) is 2.02. The van der Waals surface area contributed by atoms with Crippen molar-refractivity contribution in [1.29, 1.82) is 0 Å². The first-order valence-corrected chi connectivity index (χ1v) is 10.8.